The third-order valence-electron chi connectivity index (χ3n) is 5.54. The van der Waals surface area contributed by atoms with Crippen molar-refractivity contribution in [2.45, 2.75) is 32.6 Å². The van der Waals surface area contributed by atoms with Crippen LogP contribution in [0.5, 0.6) is 5.75 Å². The molecular formula is C30H33N5O4S. The summed E-state index contributed by atoms with van der Waals surface area (Å²) < 4.78 is 30.0. The number of rotatable bonds is 5. The second kappa shape index (κ2) is 13.6. The average Bonchev–Trinajstić information content (AvgIpc) is 2.98. The molecule has 0 heterocycles. The van der Waals surface area contributed by atoms with Crippen molar-refractivity contribution in [3.05, 3.63) is 91.0 Å². The average molecular weight is 560 g/mol. The van der Waals surface area contributed by atoms with Gasteiger partial charge in [-0.1, -0.05) is 76.2 Å². The Hall–Kier alpha value is -4.35. The second-order valence-corrected chi connectivity index (χ2v) is 9.43. The first-order valence-electron chi connectivity index (χ1n) is 12.8. The fourth-order valence-electron chi connectivity index (χ4n) is 3.82. The Morgan fingerprint density at radius 1 is 0.600 bits per heavy atom. The predicted octanol–water partition coefficient (Wildman–Crippen LogP) is 10.7. The van der Waals surface area contributed by atoms with Gasteiger partial charge in [-0.25, -0.2) is 0 Å². The lowest BCUT2D eigenvalue weighted by Crippen LogP contribution is -1.97. The minimum atomic E-state index is -4.22. The second-order valence-electron chi connectivity index (χ2n) is 7.96. The zero-order valence-corrected chi connectivity index (χ0v) is 23.5. The van der Waals surface area contributed by atoms with Crippen molar-refractivity contribution in [3.8, 4) is 5.75 Å². The molecule has 0 aromatic heterocycles. The summed E-state index contributed by atoms with van der Waals surface area (Å²) in [7, 11) is -4.22. The smallest absolute Gasteiger partial charge is 0.152 e. The number of fused-ring (bicyclic) bond motifs is 2. The van der Waals surface area contributed by atoms with Crippen LogP contribution in [-0.2, 0) is 0 Å². The van der Waals surface area contributed by atoms with Crippen molar-refractivity contribution in [3.63, 3.8) is 0 Å². The lowest BCUT2D eigenvalue weighted by Gasteiger charge is -2.22. The number of hydrogen-bond acceptors (Lipinski definition) is 9. The molecule has 0 fully saturated rings. The van der Waals surface area contributed by atoms with Crippen molar-refractivity contribution in [1.29, 1.82) is 0 Å². The van der Waals surface area contributed by atoms with Gasteiger partial charge in [-0.2, -0.15) is 5.11 Å². The van der Waals surface area contributed by atoms with Gasteiger partial charge in [0, 0.05) is 21.8 Å². The van der Waals surface area contributed by atoms with Gasteiger partial charge in [0.2, 0.25) is 0 Å². The molecule has 0 bridgehead atoms. The Bertz CT molecular complexity index is 1650. The minimum Gasteiger partial charge on any atom is -0.505 e. The van der Waals surface area contributed by atoms with E-state index in [2.05, 4.69) is 20.5 Å². The molecule has 0 unspecified atom stereocenters. The summed E-state index contributed by atoms with van der Waals surface area (Å²) in [4.78, 5) is -0.349. The Kier molecular flexibility index (Phi) is 10.3. The van der Waals surface area contributed by atoms with Crippen molar-refractivity contribution in [2.24, 2.45) is 20.5 Å². The fraction of sp³-hybridized carbons (Fsp3) is 0.133. The van der Waals surface area contributed by atoms with Gasteiger partial charge >= 0.3 is 0 Å². The number of nitrogens with two attached hydrogens (primary N) is 1. The molecule has 5 rings (SSSR count). The number of nitrogen functional groups attached to an aromatic ring is 1. The Labute approximate surface area is 234 Å². The Balaban J connectivity index is 0.00000106. The Morgan fingerprint density at radius 3 is 1.73 bits per heavy atom. The lowest BCUT2D eigenvalue weighted by molar-refractivity contribution is 0.375. The summed E-state index contributed by atoms with van der Waals surface area (Å²) in [6.07, 6.45) is 0. The zero-order chi connectivity index (χ0) is 29.3. The lowest BCUT2D eigenvalue weighted by atomic mass is 10.1. The van der Waals surface area contributed by atoms with Crippen LogP contribution in [0.1, 0.15) is 27.7 Å². The van der Waals surface area contributed by atoms with Gasteiger partial charge in [-0.15, -0.1) is 15.3 Å². The number of azo groups is 2. The SMILES string of the molecule is CC.CC.Nc1ccc2cc(S(O)(O)O)c(N=Nc3ccc(N=Nc4ccccc4)c4ccccc34)c(O)c2c1. The van der Waals surface area contributed by atoms with Crippen LogP contribution in [0.2, 0.25) is 0 Å². The normalized spacial score (nSPS) is 11.8. The van der Waals surface area contributed by atoms with E-state index in [9.17, 15) is 18.8 Å². The van der Waals surface area contributed by atoms with Crippen LogP contribution >= 0.6 is 10.9 Å². The van der Waals surface area contributed by atoms with Crippen molar-refractivity contribution < 1.29 is 18.8 Å². The molecule has 5 aromatic carbocycles. The van der Waals surface area contributed by atoms with Crippen LogP contribution in [0.15, 0.2) is 116 Å². The largest absolute Gasteiger partial charge is 0.505 e. The van der Waals surface area contributed by atoms with Crippen LogP contribution in [0.3, 0.4) is 0 Å². The number of benzene rings is 5. The van der Waals surface area contributed by atoms with Gasteiger partial charge in [0.25, 0.3) is 0 Å². The molecular weight excluding hydrogens is 526 g/mol. The summed E-state index contributed by atoms with van der Waals surface area (Å²) in [5.41, 5.74) is 7.76. The van der Waals surface area contributed by atoms with E-state index in [0.717, 1.165) is 5.39 Å². The van der Waals surface area contributed by atoms with Crippen LogP contribution in [-0.4, -0.2) is 18.8 Å². The molecule has 10 heteroatoms. The first-order valence-corrected chi connectivity index (χ1v) is 14.3. The van der Waals surface area contributed by atoms with E-state index in [1.807, 2.05) is 82.3 Å². The molecule has 0 aliphatic carbocycles. The molecule has 5 aromatic rings. The van der Waals surface area contributed by atoms with Crippen LogP contribution in [0.4, 0.5) is 28.4 Å². The summed E-state index contributed by atoms with van der Waals surface area (Å²) in [6, 6.07) is 26.3. The number of nitrogens with zero attached hydrogens (tertiary/aromatic N) is 4. The number of hydrogen-bond donors (Lipinski definition) is 5. The molecule has 0 saturated carbocycles. The third-order valence-corrected chi connectivity index (χ3v) is 6.44. The number of aromatic hydroxyl groups is 1. The summed E-state index contributed by atoms with van der Waals surface area (Å²) in [5, 5.41) is 30.2. The predicted molar refractivity (Wildman–Crippen MR) is 165 cm³/mol. The summed E-state index contributed by atoms with van der Waals surface area (Å²) in [5.74, 6) is -0.384. The number of anilines is 1. The Morgan fingerprint density at radius 2 is 1.15 bits per heavy atom. The maximum absolute atomic E-state index is 10.9. The highest BCUT2D eigenvalue weighted by atomic mass is 32.3. The van der Waals surface area contributed by atoms with E-state index >= 15 is 0 Å². The molecule has 40 heavy (non-hydrogen) atoms. The maximum atomic E-state index is 10.9. The van der Waals surface area contributed by atoms with E-state index in [1.54, 1.807) is 24.3 Å². The molecule has 0 spiro atoms. The van der Waals surface area contributed by atoms with E-state index in [0.29, 0.717) is 38.9 Å². The van der Waals surface area contributed by atoms with Crippen LogP contribution < -0.4 is 5.73 Å². The number of phenols is 1. The summed E-state index contributed by atoms with van der Waals surface area (Å²) >= 11 is 0. The molecule has 6 N–H and O–H groups in total. The third kappa shape index (κ3) is 6.80. The van der Waals surface area contributed by atoms with E-state index < -0.39 is 10.9 Å². The maximum Gasteiger partial charge on any atom is 0.152 e. The fourth-order valence-corrected chi connectivity index (χ4v) is 4.50. The molecule has 0 aliphatic heterocycles. The first-order chi connectivity index (χ1) is 19.3. The zero-order valence-electron chi connectivity index (χ0n) is 22.7. The molecule has 208 valence electrons. The first kappa shape index (κ1) is 30.2. The topological polar surface area (TPSA) is 156 Å². The van der Waals surface area contributed by atoms with Gasteiger partial charge < -0.3 is 24.5 Å². The molecule has 0 amide bonds. The molecule has 0 aliphatic rings. The van der Waals surface area contributed by atoms with Gasteiger partial charge in [-0.05, 0) is 47.9 Å². The van der Waals surface area contributed by atoms with Crippen molar-refractivity contribution >= 4 is 60.9 Å². The van der Waals surface area contributed by atoms with Crippen molar-refractivity contribution in [2.75, 3.05) is 5.73 Å². The van der Waals surface area contributed by atoms with Crippen LogP contribution in [0, 0.1) is 0 Å². The molecule has 0 atom stereocenters. The van der Waals surface area contributed by atoms with E-state index in [1.165, 1.54) is 12.1 Å². The highest BCUT2D eigenvalue weighted by Crippen LogP contribution is 2.54. The van der Waals surface area contributed by atoms with Crippen LogP contribution in [0.25, 0.3) is 21.5 Å². The summed E-state index contributed by atoms with van der Waals surface area (Å²) in [6.45, 7) is 8.00. The van der Waals surface area contributed by atoms with Gasteiger partial charge in [0.1, 0.15) is 16.6 Å². The number of phenolic OH excluding ortho intramolecular Hbond substituents is 1. The van der Waals surface area contributed by atoms with Gasteiger partial charge in [0.15, 0.2) is 5.75 Å². The van der Waals surface area contributed by atoms with Crippen molar-refractivity contribution in [1.82, 2.24) is 0 Å². The highest BCUT2D eigenvalue weighted by Gasteiger charge is 2.25. The standard InChI is InChI=1S/C26H21N5O4S.2C2H6/c27-17-11-10-16-14-24(36(33,34)35)25(26(32)21(16)15-17)31-30-23-13-12-22(19-8-4-5-9-20(19)23)29-28-18-6-2-1-3-7-18;2*1-2/h1-15,32-35H,27H2;2*1-2H3. The van der Waals surface area contributed by atoms with E-state index in [4.69, 9.17) is 5.73 Å². The van der Waals surface area contributed by atoms with Gasteiger partial charge in [0.05, 0.1) is 22.0 Å². The van der Waals surface area contributed by atoms with E-state index in [-0.39, 0.29) is 16.3 Å². The highest BCUT2D eigenvalue weighted by molar-refractivity contribution is 8.19. The molecule has 0 radical (unpaired) electrons. The minimum absolute atomic E-state index is 0.271. The van der Waals surface area contributed by atoms with Gasteiger partial charge in [-0.3, -0.25) is 0 Å². The monoisotopic (exact) mass is 559 g/mol. The molecule has 0 saturated heterocycles. The quantitative estimate of drug-likeness (QED) is 0.107. The molecule has 9 nitrogen and oxygen atoms in total.